The van der Waals surface area contributed by atoms with E-state index in [-0.39, 0.29) is 6.61 Å². The second kappa shape index (κ2) is 9.73. The van der Waals surface area contributed by atoms with E-state index in [0.29, 0.717) is 12.2 Å². The van der Waals surface area contributed by atoms with Crippen molar-refractivity contribution in [3.8, 4) is 0 Å². The molecule has 0 spiro atoms. The van der Waals surface area contributed by atoms with E-state index in [0.717, 1.165) is 12.0 Å². The highest BCUT2D eigenvalue weighted by Crippen LogP contribution is 2.64. The third-order valence-electron chi connectivity index (χ3n) is 6.59. The molecule has 2 aliphatic rings. The smallest absolute Gasteiger partial charge is 0.303 e. The molecule has 1 aliphatic heterocycles. The lowest BCUT2D eigenvalue weighted by Gasteiger charge is -2.39. The van der Waals surface area contributed by atoms with Crippen LogP contribution in [0.3, 0.4) is 0 Å². The molecule has 11 heteroatoms. The van der Waals surface area contributed by atoms with Crippen molar-refractivity contribution in [2.24, 2.45) is 5.41 Å². The van der Waals surface area contributed by atoms with Crippen molar-refractivity contribution in [2.45, 2.75) is 77.9 Å². The Hall–Kier alpha value is -3.34. The Kier molecular flexibility index (Phi) is 6.88. The number of hydrogen-bond donors (Lipinski definition) is 0. The molecule has 1 aromatic carbocycles. The molecule has 0 radical (unpaired) electrons. The fraction of sp³-hybridized carbons (Fsp3) is 0.583. The van der Waals surface area contributed by atoms with Crippen LogP contribution in [0.15, 0.2) is 24.3 Å². The largest absolute Gasteiger partial charge is 0.463 e. The minimum Gasteiger partial charge on any atom is -0.463 e. The van der Waals surface area contributed by atoms with Gasteiger partial charge in [0.25, 0.3) is 0 Å². The van der Waals surface area contributed by atoms with E-state index in [1.54, 1.807) is 0 Å². The molecule has 4 rings (SSSR count). The average Bonchev–Trinajstić information content (AvgIpc) is 3.15. The van der Waals surface area contributed by atoms with Gasteiger partial charge in [-0.3, -0.25) is 14.4 Å². The number of carbonyl (C=O) groups is 3. The van der Waals surface area contributed by atoms with Crippen LogP contribution in [-0.4, -0.2) is 69.1 Å². The number of ether oxygens (including phenoxy) is 4. The van der Waals surface area contributed by atoms with Crippen LogP contribution in [0, 0.1) is 5.41 Å². The Balaban J connectivity index is 1.58. The van der Waals surface area contributed by atoms with Crippen molar-refractivity contribution in [2.75, 3.05) is 6.61 Å². The van der Waals surface area contributed by atoms with Gasteiger partial charge in [0.15, 0.2) is 18.0 Å². The van der Waals surface area contributed by atoms with Crippen LogP contribution in [0.5, 0.6) is 0 Å². The van der Waals surface area contributed by atoms with Crippen molar-refractivity contribution in [3.63, 3.8) is 0 Å². The zero-order valence-corrected chi connectivity index (χ0v) is 20.5. The molecule has 6 atom stereocenters. The van der Waals surface area contributed by atoms with E-state index < -0.39 is 53.8 Å². The number of benzene rings is 1. The van der Waals surface area contributed by atoms with Crippen molar-refractivity contribution in [3.05, 3.63) is 41.2 Å². The predicted molar refractivity (Wildman–Crippen MR) is 120 cm³/mol. The zero-order chi connectivity index (χ0) is 25.3. The molecule has 0 N–H and O–H groups in total. The van der Waals surface area contributed by atoms with E-state index in [2.05, 4.69) is 34.5 Å². The van der Waals surface area contributed by atoms with E-state index >= 15 is 0 Å². The van der Waals surface area contributed by atoms with Crippen molar-refractivity contribution in [1.82, 2.24) is 20.2 Å². The molecule has 11 nitrogen and oxygen atoms in total. The molecule has 1 saturated carbocycles. The van der Waals surface area contributed by atoms with E-state index in [9.17, 15) is 14.4 Å². The summed E-state index contributed by atoms with van der Waals surface area (Å²) in [4.78, 5) is 36.7. The van der Waals surface area contributed by atoms with Gasteiger partial charge in [-0.25, -0.2) is 0 Å². The lowest BCUT2D eigenvalue weighted by Crippen LogP contribution is -2.54. The first kappa shape index (κ1) is 24.8. The number of rotatable bonds is 8. The molecule has 1 aromatic heterocycles. The summed E-state index contributed by atoms with van der Waals surface area (Å²) in [5, 5.41) is 13.0. The molecule has 2 heterocycles. The summed E-state index contributed by atoms with van der Waals surface area (Å²) in [5.74, 6) is -1.07. The molecule has 0 bridgehead atoms. The summed E-state index contributed by atoms with van der Waals surface area (Å²) in [6.07, 6.45) is -1.64. The topological polar surface area (TPSA) is 132 Å². The standard InChI is InChI=1S/C24H30N4O7/c1-6-16-7-9-17(10-8-16)11-19-25-27-28(26-19)21-23-24(21,5)22(34-15(4)31)20(33-14(3)30)18(35-23)12-32-13(2)29/h7-10,18,20-23H,6,11-12H2,1-5H3. The molecule has 2 aromatic rings. The fourth-order valence-electron chi connectivity index (χ4n) is 4.76. The minimum atomic E-state index is -0.970. The number of fused-ring (bicyclic) bond motifs is 1. The van der Waals surface area contributed by atoms with Crippen LogP contribution < -0.4 is 0 Å². The van der Waals surface area contributed by atoms with Crippen LogP contribution >= 0.6 is 0 Å². The summed E-state index contributed by atoms with van der Waals surface area (Å²) in [7, 11) is 0. The number of tetrazole rings is 1. The van der Waals surface area contributed by atoms with E-state index in [1.165, 1.54) is 31.1 Å². The number of aryl methyl sites for hydroxylation is 1. The van der Waals surface area contributed by atoms with Crippen LogP contribution in [0.25, 0.3) is 0 Å². The lowest BCUT2D eigenvalue weighted by atomic mass is 9.90. The normalized spacial score (nSPS) is 29.1. The molecule has 6 unspecified atom stereocenters. The second-order valence-corrected chi connectivity index (χ2v) is 9.19. The first-order chi connectivity index (χ1) is 16.6. The molecule has 1 aliphatic carbocycles. The number of hydrogen-bond acceptors (Lipinski definition) is 10. The van der Waals surface area contributed by atoms with Gasteiger partial charge in [-0.15, -0.1) is 10.2 Å². The summed E-state index contributed by atoms with van der Waals surface area (Å²) in [6, 6.07) is 7.82. The number of aromatic nitrogens is 4. The van der Waals surface area contributed by atoms with Crippen molar-refractivity contribution >= 4 is 17.9 Å². The van der Waals surface area contributed by atoms with Gasteiger partial charge in [0.2, 0.25) is 0 Å². The van der Waals surface area contributed by atoms with Gasteiger partial charge in [0, 0.05) is 27.2 Å². The number of esters is 3. The zero-order valence-electron chi connectivity index (χ0n) is 20.5. The Labute approximate surface area is 203 Å². The Bertz CT molecular complexity index is 1100. The third kappa shape index (κ3) is 5.04. The van der Waals surface area contributed by atoms with Gasteiger partial charge in [0.05, 0.1) is 11.5 Å². The van der Waals surface area contributed by atoms with Gasteiger partial charge in [-0.1, -0.05) is 38.1 Å². The monoisotopic (exact) mass is 486 g/mol. The number of nitrogens with zero attached hydrogens (tertiary/aromatic N) is 4. The maximum atomic E-state index is 12.0. The first-order valence-electron chi connectivity index (χ1n) is 11.6. The summed E-state index contributed by atoms with van der Waals surface area (Å²) < 4.78 is 22.5. The second-order valence-electron chi connectivity index (χ2n) is 9.19. The minimum absolute atomic E-state index is 0.159. The van der Waals surface area contributed by atoms with Gasteiger partial charge in [0.1, 0.15) is 18.8 Å². The van der Waals surface area contributed by atoms with E-state index in [4.69, 9.17) is 18.9 Å². The quantitative estimate of drug-likeness (QED) is 0.400. The van der Waals surface area contributed by atoms with Gasteiger partial charge in [-0.05, 0) is 22.8 Å². The molecular formula is C24H30N4O7. The fourth-order valence-corrected chi connectivity index (χ4v) is 4.76. The average molecular weight is 487 g/mol. The molecule has 0 amide bonds. The molecule has 2 fully saturated rings. The molecule has 1 saturated heterocycles. The molecule has 188 valence electrons. The highest BCUT2D eigenvalue weighted by molar-refractivity contribution is 5.68. The molecule has 35 heavy (non-hydrogen) atoms. The van der Waals surface area contributed by atoms with Crippen LogP contribution in [0.2, 0.25) is 0 Å². The van der Waals surface area contributed by atoms with Gasteiger partial charge < -0.3 is 18.9 Å². The third-order valence-corrected chi connectivity index (χ3v) is 6.59. The summed E-state index contributed by atoms with van der Waals surface area (Å²) in [5.41, 5.74) is 1.53. The number of carbonyl (C=O) groups excluding carboxylic acids is 3. The molecular weight excluding hydrogens is 456 g/mol. The van der Waals surface area contributed by atoms with Crippen molar-refractivity contribution in [1.29, 1.82) is 0 Å². The van der Waals surface area contributed by atoms with E-state index in [1.807, 2.05) is 19.1 Å². The van der Waals surface area contributed by atoms with Gasteiger partial charge >= 0.3 is 17.9 Å². The SMILES string of the molecule is CCc1ccc(Cc2nnn(C3C4OC(COC(C)=O)C(OC(C)=O)C(OC(C)=O)C43C)n2)cc1. The van der Waals surface area contributed by atoms with Crippen LogP contribution in [0.1, 0.15) is 57.6 Å². The Morgan fingerprint density at radius 3 is 2.29 bits per heavy atom. The van der Waals surface area contributed by atoms with Gasteiger partial charge in [-0.2, -0.15) is 4.80 Å². The van der Waals surface area contributed by atoms with Crippen LogP contribution in [-0.2, 0) is 46.2 Å². The van der Waals surface area contributed by atoms with Crippen molar-refractivity contribution < 1.29 is 33.3 Å². The predicted octanol–water partition coefficient (Wildman–Crippen LogP) is 1.58. The van der Waals surface area contributed by atoms with Crippen LogP contribution in [0.4, 0.5) is 0 Å². The lowest BCUT2D eigenvalue weighted by molar-refractivity contribution is -0.213. The first-order valence-corrected chi connectivity index (χ1v) is 11.6. The Morgan fingerprint density at radius 1 is 1.03 bits per heavy atom. The summed E-state index contributed by atoms with van der Waals surface area (Å²) >= 11 is 0. The summed E-state index contributed by atoms with van der Waals surface area (Å²) in [6.45, 7) is 7.62. The highest BCUT2D eigenvalue weighted by Gasteiger charge is 2.76. The highest BCUT2D eigenvalue weighted by atomic mass is 16.6. The maximum Gasteiger partial charge on any atom is 0.303 e. The Morgan fingerprint density at radius 2 is 1.69 bits per heavy atom. The maximum absolute atomic E-state index is 12.0.